The number of amides is 1. The van der Waals surface area contributed by atoms with Crippen molar-refractivity contribution in [1.29, 1.82) is 0 Å². The molecule has 1 amide bonds. The van der Waals surface area contributed by atoms with E-state index >= 15 is 0 Å². The van der Waals surface area contributed by atoms with Crippen LogP contribution in [-0.4, -0.2) is 17.9 Å². The summed E-state index contributed by atoms with van der Waals surface area (Å²) in [6.45, 7) is 1.93. The first-order valence-electron chi connectivity index (χ1n) is 4.80. The Kier molecular flexibility index (Phi) is 2.37. The van der Waals surface area contributed by atoms with Crippen LogP contribution in [0, 0.1) is 6.92 Å². The van der Waals surface area contributed by atoms with E-state index in [1.165, 1.54) is 0 Å². The fraction of sp³-hybridized carbons (Fsp3) is 0.167. The molecule has 2 rings (SSSR count). The van der Waals surface area contributed by atoms with Crippen molar-refractivity contribution in [2.45, 2.75) is 6.92 Å². The molecule has 15 heavy (non-hydrogen) atoms. The predicted molar refractivity (Wildman–Crippen MR) is 59.9 cm³/mol. The largest absolute Gasteiger partial charge is 0.355 e. The summed E-state index contributed by atoms with van der Waals surface area (Å²) in [7, 11) is 1.63. The van der Waals surface area contributed by atoms with Gasteiger partial charge in [-0.1, -0.05) is 6.07 Å². The third-order valence-electron chi connectivity index (χ3n) is 2.42. The maximum Gasteiger partial charge on any atom is 0.251 e. The van der Waals surface area contributed by atoms with Gasteiger partial charge in [0, 0.05) is 24.2 Å². The van der Waals surface area contributed by atoms with E-state index in [0.717, 1.165) is 16.5 Å². The van der Waals surface area contributed by atoms with E-state index in [1.54, 1.807) is 13.2 Å². The van der Waals surface area contributed by atoms with Crippen molar-refractivity contribution in [2.24, 2.45) is 0 Å². The second kappa shape index (κ2) is 3.69. The Hall–Kier alpha value is -1.90. The molecule has 0 fully saturated rings. The molecule has 0 aliphatic rings. The third-order valence-corrected chi connectivity index (χ3v) is 2.42. The van der Waals surface area contributed by atoms with Crippen molar-refractivity contribution < 1.29 is 4.79 Å². The normalized spacial score (nSPS) is 10.3. The number of fused-ring (bicyclic) bond motifs is 1. The van der Waals surface area contributed by atoms with Crippen LogP contribution in [0.15, 0.2) is 30.5 Å². The lowest BCUT2D eigenvalue weighted by atomic mass is 10.0. The summed E-state index contributed by atoms with van der Waals surface area (Å²) in [5, 5.41) is 3.68. The van der Waals surface area contributed by atoms with Crippen LogP contribution in [0.25, 0.3) is 10.9 Å². The van der Waals surface area contributed by atoms with Crippen LogP contribution in [0.1, 0.15) is 15.9 Å². The van der Waals surface area contributed by atoms with Crippen molar-refractivity contribution in [2.75, 3.05) is 7.05 Å². The van der Waals surface area contributed by atoms with Gasteiger partial charge in [-0.15, -0.1) is 0 Å². The Morgan fingerprint density at radius 2 is 2.20 bits per heavy atom. The molecule has 2 aromatic rings. The van der Waals surface area contributed by atoms with E-state index in [1.807, 2.05) is 31.2 Å². The quantitative estimate of drug-likeness (QED) is 0.764. The molecule has 3 heteroatoms. The monoisotopic (exact) mass is 200 g/mol. The lowest BCUT2D eigenvalue weighted by Gasteiger charge is -2.05. The van der Waals surface area contributed by atoms with Gasteiger partial charge in [-0.05, 0) is 30.7 Å². The number of nitrogens with one attached hydrogen (secondary N) is 1. The molecule has 0 radical (unpaired) electrons. The number of rotatable bonds is 1. The van der Waals surface area contributed by atoms with Gasteiger partial charge in [-0.25, -0.2) is 0 Å². The van der Waals surface area contributed by atoms with Gasteiger partial charge >= 0.3 is 0 Å². The maximum atomic E-state index is 11.5. The maximum absolute atomic E-state index is 11.5. The summed E-state index contributed by atoms with van der Waals surface area (Å²) in [6, 6.07) is 7.68. The molecule has 0 unspecified atom stereocenters. The Morgan fingerprint density at radius 1 is 1.40 bits per heavy atom. The average Bonchev–Trinajstić information content (AvgIpc) is 2.27. The van der Waals surface area contributed by atoms with Crippen molar-refractivity contribution in [1.82, 2.24) is 10.3 Å². The topological polar surface area (TPSA) is 42.0 Å². The second-order valence-electron chi connectivity index (χ2n) is 3.44. The molecule has 0 saturated heterocycles. The van der Waals surface area contributed by atoms with E-state index < -0.39 is 0 Å². The molecule has 0 bridgehead atoms. The summed E-state index contributed by atoms with van der Waals surface area (Å²) in [5.41, 5.74) is 2.50. The number of benzene rings is 1. The van der Waals surface area contributed by atoms with E-state index in [-0.39, 0.29) is 5.91 Å². The zero-order chi connectivity index (χ0) is 10.8. The second-order valence-corrected chi connectivity index (χ2v) is 3.44. The van der Waals surface area contributed by atoms with Gasteiger partial charge in [0.2, 0.25) is 0 Å². The first-order chi connectivity index (χ1) is 7.22. The number of aromatic nitrogens is 1. The summed E-state index contributed by atoms with van der Waals surface area (Å²) < 4.78 is 0. The molecule has 1 aromatic carbocycles. The molecule has 76 valence electrons. The minimum Gasteiger partial charge on any atom is -0.355 e. The molecule has 0 aliphatic heterocycles. The van der Waals surface area contributed by atoms with Gasteiger partial charge in [0.1, 0.15) is 0 Å². The van der Waals surface area contributed by atoms with Crippen molar-refractivity contribution in [3.05, 3.63) is 41.6 Å². The predicted octanol–water partition coefficient (Wildman–Crippen LogP) is 1.90. The Labute approximate surface area is 88.1 Å². The molecular formula is C12H12N2O. The minimum atomic E-state index is -0.0694. The number of aryl methyl sites for hydroxylation is 1. The first kappa shape index (κ1) is 9.65. The van der Waals surface area contributed by atoms with Gasteiger partial charge in [0.15, 0.2) is 0 Å². The van der Waals surface area contributed by atoms with Crippen LogP contribution in [0.2, 0.25) is 0 Å². The number of hydrogen-bond donors (Lipinski definition) is 1. The van der Waals surface area contributed by atoms with Crippen LogP contribution in [0.4, 0.5) is 0 Å². The lowest BCUT2D eigenvalue weighted by Crippen LogP contribution is -2.18. The van der Waals surface area contributed by atoms with E-state index in [0.29, 0.717) is 5.56 Å². The van der Waals surface area contributed by atoms with Gasteiger partial charge in [0.25, 0.3) is 5.91 Å². The molecular weight excluding hydrogens is 188 g/mol. The van der Waals surface area contributed by atoms with Gasteiger partial charge < -0.3 is 5.32 Å². The van der Waals surface area contributed by atoms with Crippen molar-refractivity contribution in [3.63, 3.8) is 0 Å². The van der Waals surface area contributed by atoms with E-state index in [4.69, 9.17) is 0 Å². The fourth-order valence-electron chi connectivity index (χ4n) is 1.61. The van der Waals surface area contributed by atoms with Crippen LogP contribution < -0.4 is 5.32 Å². The third kappa shape index (κ3) is 1.68. The highest BCUT2D eigenvalue weighted by Gasteiger charge is 2.08. The number of carbonyl (C=O) groups is 1. The molecule has 1 heterocycles. The molecule has 0 atom stereocenters. The highest BCUT2D eigenvalue weighted by atomic mass is 16.1. The number of pyridine rings is 1. The zero-order valence-electron chi connectivity index (χ0n) is 8.74. The number of carbonyl (C=O) groups excluding carboxylic acids is 1. The summed E-state index contributed by atoms with van der Waals surface area (Å²) in [5.74, 6) is -0.0694. The van der Waals surface area contributed by atoms with Crippen molar-refractivity contribution in [3.8, 4) is 0 Å². The lowest BCUT2D eigenvalue weighted by molar-refractivity contribution is 0.0962. The van der Waals surface area contributed by atoms with Crippen LogP contribution in [0.5, 0.6) is 0 Å². The molecule has 0 saturated carbocycles. The van der Waals surface area contributed by atoms with Gasteiger partial charge in [-0.2, -0.15) is 0 Å². The summed E-state index contributed by atoms with van der Waals surface area (Å²) in [6.07, 6.45) is 1.73. The van der Waals surface area contributed by atoms with E-state index in [9.17, 15) is 4.79 Å². The average molecular weight is 200 g/mol. The van der Waals surface area contributed by atoms with E-state index in [2.05, 4.69) is 10.3 Å². The smallest absolute Gasteiger partial charge is 0.251 e. The Morgan fingerprint density at radius 3 is 2.93 bits per heavy atom. The van der Waals surface area contributed by atoms with Gasteiger partial charge in [0.05, 0.1) is 5.52 Å². The highest BCUT2D eigenvalue weighted by Crippen LogP contribution is 2.17. The fourth-order valence-corrected chi connectivity index (χ4v) is 1.61. The summed E-state index contributed by atoms with van der Waals surface area (Å²) in [4.78, 5) is 15.8. The molecule has 1 aromatic heterocycles. The van der Waals surface area contributed by atoms with Crippen LogP contribution in [-0.2, 0) is 0 Å². The molecule has 0 aliphatic carbocycles. The van der Waals surface area contributed by atoms with Crippen LogP contribution in [0.3, 0.4) is 0 Å². The molecule has 1 N–H and O–H groups in total. The number of nitrogens with zero attached hydrogens (tertiary/aromatic N) is 1. The first-order valence-corrected chi connectivity index (χ1v) is 4.80. The molecule has 0 spiro atoms. The SMILES string of the molecule is CNC(=O)c1cc2ncccc2cc1C. The number of hydrogen-bond acceptors (Lipinski definition) is 2. The standard InChI is InChI=1S/C12H12N2O/c1-8-6-9-4-3-5-14-11(9)7-10(8)12(15)13-2/h3-7H,1-2H3,(H,13,15). The summed E-state index contributed by atoms with van der Waals surface area (Å²) >= 11 is 0. The van der Waals surface area contributed by atoms with Crippen LogP contribution >= 0.6 is 0 Å². The zero-order valence-corrected chi connectivity index (χ0v) is 8.74. The van der Waals surface area contributed by atoms with Gasteiger partial charge in [-0.3, -0.25) is 9.78 Å². The highest BCUT2D eigenvalue weighted by molar-refractivity contribution is 5.99. The van der Waals surface area contributed by atoms with Crippen molar-refractivity contribution >= 4 is 16.8 Å². The Balaban J connectivity index is 2.67. The molecule has 3 nitrogen and oxygen atoms in total. The minimum absolute atomic E-state index is 0.0694. The Bertz CT molecular complexity index is 520.